The third-order valence-corrected chi connectivity index (χ3v) is 4.00. The van der Waals surface area contributed by atoms with Crippen molar-refractivity contribution in [2.45, 2.75) is 53.1 Å². The first-order valence-corrected chi connectivity index (χ1v) is 7.67. The van der Waals surface area contributed by atoms with Crippen LogP contribution >= 0.6 is 11.3 Å². The van der Waals surface area contributed by atoms with Crippen molar-refractivity contribution in [3.8, 4) is 0 Å². The van der Waals surface area contributed by atoms with Gasteiger partial charge < -0.3 is 5.32 Å². The minimum Gasteiger partial charge on any atom is -0.343 e. The summed E-state index contributed by atoms with van der Waals surface area (Å²) in [6, 6.07) is -0.127. The molecule has 0 spiro atoms. The molecule has 0 aromatic carbocycles. The van der Waals surface area contributed by atoms with E-state index in [1.54, 1.807) is 0 Å². The SMILES string of the molecule is Cc1nnc(C(=O)NC(C)c2cn(C(C)(C)C)nc2C)s1. The number of aromatic nitrogens is 4. The first-order chi connectivity index (χ1) is 9.68. The van der Waals surface area contributed by atoms with E-state index in [1.165, 1.54) is 11.3 Å². The largest absolute Gasteiger partial charge is 0.343 e. The lowest BCUT2D eigenvalue weighted by molar-refractivity contribution is 0.0938. The van der Waals surface area contributed by atoms with Gasteiger partial charge in [-0.1, -0.05) is 11.3 Å². The highest BCUT2D eigenvalue weighted by Crippen LogP contribution is 2.21. The minimum absolute atomic E-state index is 0.0803. The van der Waals surface area contributed by atoms with Gasteiger partial charge in [-0.2, -0.15) is 5.10 Å². The van der Waals surface area contributed by atoms with Crippen LogP contribution in [0.4, 0.5) is 0 Å². The molecule has 2 rings (SSSR count). The number of carbonyl (C=O) groups is 1. The second kappa shape index (κ2) is 5.55. The van der Waals surface area contributed by atoms with Crippen LogP contribution in [0.1, 0.15) is 59.8 Å². The van der Waals surface area contributed by atoms with Crippen LogP contribution in [0.3, 0.4) is 0 Å². The molecule has 21 heavy (non-hydrogen) atoms. The average molecular weight is 307 g/mol. The van der Waals surface area contributed by atoms with Gasteiger partial charge in [-0.05, 0) is 41.5 Å². The van der Waals surface area contributed by atoms with E-state index in [9.17, 15) is 4.79 Å². The molecule has 6 nitrogen and oxygen atoms in total. The molecule has 0 aliphatic rings. The van der Waals surface area contributed by atoms with Gasteiger partial charge in [0, 0.05) is 11.8 Å². The highest BCUT2D eigenvalue weighted by Gasteiger charge is 2.21. The number of aryl methyl sites for hydroxylation is 2. The zero-order valence-corrected chi connectivity index (χ0v) is 14.1. The monoisotopic (exact) mass is 307 g/mol. The Balaban J connectivity index is 2.15. The molecule has 1 N–H and O–H groups in total. The Morgan fingerprint density at radius 1 is 1.33 bits per heavy atom. The summed E-state index contributed by atoms with van der Waals surface area (Å²) in [5, 5.41) is 16.4. The fourth-order valence-corrected chi connectivity index (χ4v) is 2.56. The number of nitrogens with zero attached hydrogens (tertiary/aromatic N) is 4. The summed E-state index contributed by atoms with van der Waals surface area (Å²) in [5.74, 6) is -0.198. The van der Waals surface area contributed by atoms with Crippen LogP contribution in [-0.4, -0.2) is 25.9 Å². The van der Waals surface area contributed by atoms with Crippen molar-refractivity contribution in [3.63, 3.8) is 0 Å². The van der Waals surface area contributed by atoms with Crippen LogP contribution in [0, 0.1) is 13.8 Å². The van der Waals surface area contributed by atoms with Crippen molar-refractivity contribution < 1.29 is 4.79 Å². The first kappa shape index (κ1) is 15.6. The van der Waals surface area contributed by atoms with Crippen LogP contribution in [-0.2, 0) is 5.54 Å². The maximum absolute atomic E-state index is 12.1. The summed E-state index contributed by atoms with van der Waals surface area (Å²) in [6.45, 7) is 12.0. The molecule has 1 atom stereocenters. The zero-order valence-electron chi connectivity index (χ0n) is 13.3. The molecule has 7 heteroatoms. The Bertz CT molecular complexity index is 653. The lowest BCUT2D eigenvalue weighted by Gasteiger charge is -2.19. The molecule has 2 aromatic heterocycles. The fraction of sp³-hybridized carbons (Fsp3) is 0.571. The summed E-state index contributed by atoms with van der Waals surface area (Å²) in [6.07, 6.45) is 1.99. The molecule has 0 fully saturated rings. The van der Waals surface area contributed by atoms with Crippen LogP contribution in [0.25, 0.3) is 0 Å². The van der Waals surface area contributed by atoms with E-state index < -0.39 is 0 Å². The van der Waals surface area contributed by atoms with Gasteiger partial charge in [0.1, 0.15) is 5.01 Å². The molecule has 1 amide bonds. The Kier molecular flexibility index (Phi) is 4.13. The first-order valence-electron chi connectivity index (χ1n) is 6.86. The van der Waals surface area contributed by atoms with E-state index in [4.69, 9.17) is 0 Å². The van der Waals surface area contributed by atoms with Crippen LogP contribution in [0.15, 0.2) is 6.20 Å². The van der Waals surface area contributed by atoms with Crippen LogP contribution in [0.5, 0.6) is 0 Å². The molecule has 2 heterocycles. The number of hydrogen-bond acceptors (Lipinski definition) is 5. The molecular weight excluding hydrogens is 286 g/mol. The topological polar surface area (TPSA) is 72.7 Å². The Labute approximate surface area is 128 Å². The summed E-state index contributed by atoms with van der Waals surface area (Å²) in [4.78, 5) is 12.1. The molecule has 0 bridgehead atoms. The maximum Gasteiger partial charge on any atom is 0.282 e. The number of hydrogen-bond donors (Lipinski definition) is 1. The second-order valence-corrected chi connectivity index (χ2v) is 7.29. The highest BCUT2D eigenvalue weighted by atomic mass is 32.1. The molecule has 2 aromatic rings. The second-order valence-electron chi connectivity index (χ2n) is 6.11. The lowest BCUT2D eigenvalue weighted by Crippen LogP contribution is -2.27. The van der Waals surface area contributed by atoms with Gasteiger partial charge in [0.2, 0.25) is 5.01 Å². The number of amides is 1. The fourth-order valence-electron chi connectivity index (χ4n) is 1.97. The molecule has 0 radical (unpaired) electrons. The third kappa shape index (κ3) is 3.47. The molecule has 0 aliphatic carbocycles. The molecule has 0 saturated carbocycles. The van der Waals surface area contributed by atoms with E-state index in [1.807, 2.05) is 31.6 Å². The van der Waals surface area contributed by atoms with Crippen molar-refractivity contribution in [3.05, 3.63) is 27.5 Å². The zero-order chi connectivity index (χ0) is 15.8. The summed E-state index contributed by atoms with van der Waals surface area (Å²) >= 11 is 1.29. The van der Waals surface area contributed by atoms with Gasteiger partial charge in [-0.25, -0.2) is 0 Å². The highest BCUT2D eigenvalue weighted by molar-refractivity contribution is 7.13. The maximum atomic E-state index is 12.1. The molecule has 0 aliphatic heterocycles. The molecule has 114 valence electrons. The predicted octanol–water partition coefficient (Wildman–Crippen LogP) is 2.60. The van der Waals surface area contributed by atoms with Crippen LogP contribution in [0.2, 0.25) is 0 Å². The Morgan fingerprint density at radius 2 is 2.00 bits per heavy atom. The third-order valence-electron chi connectivity index (χ3n) is 3.16. The summed E-state index contributed by atoms with van der Waals surface area (Å²) in [7, 11) is 0. The van der Waals surface area contributed by atoms with Gasteiger partial charge in [-0.15, -0.1) is 10.2 Å². The molecule has 1 unspecified atom stereocenters. The van der Waals surface area contributed by atoms with Crippen molar-refractivity contribution in [1.82, 2.24) is 25.3 Å². The molecule has 0 saturated heterocycles. The van der Waals surface area contributed by atoms with Crippen molar-refractivity contribution in [2.75, 3.05) is 0 Å². The van der Waals surface area contributed by atoms with E-state index in [2.05, 4.69) is 41.4 Å². The van der Waals surface area contributed by atoms with E-state index in [-0.39, 0.29) is 17.5 Å². The number of rotatable bonds is 3. The average Bonchev–Trinajstić information content (AvgIpc) is 2.94. The predicted molar refractivity (Wildman–Crippen MR) is 82.5 cm³/mol. The van der Waals surface area contributed by atoms with Gasteiger partial charge >= 0.3 is 0 Å². The summed E-state index contributed by atoms with van der Waals surface area (Å²) in [5.41, 5.74) is 1.86. The summed E-state index contributed by atoms with van der Waals surface area (Å²) < 4.78 is 1.93. The van der Waals surface area contributed by atoms with Crippen LogP contribution < -0.4 is 5.32 Å². The quantitative estimate of drug-likeness (QED) is 0.946. The van der Waals surface area contributed by atoms with E-state index in [0.29, 0.717) is 5.01 Å². The van der Waals surface area contributed by atoms with Crippen molar-refractivity contribution in [1.29, 1.82) is 0 Å². The van der Waals surface area contributed by atoms with Gasteiger partial charge in [0.05, 0.1) is 17.3 Å². The van der Waals surface area contributed by atoms with E-state index in [0.717, 1.165) is 16.3 Å². The van der Waals surface area contributed by atoms with E-state index >= 15 is 0 Å². The van der Waals surface area contributed by atoms with Gasteiger partial charge in [0.25, 0.3) is 5.91 Å². The minimum atomic E-state index is -0.198. The van der Waals surface area contributed by atoms with Crippen molar-refractivity contribution in [2.24, 2.45) is 0 Å². The van der Waals surface area contributed by atoms with Crippen molar-refractivity contribution >= 4 is 17.2 Å². The molecular formula is C14H21N5OS. The van der Waals surface area contributed by atoms with Gasteiger partial charge in [0.15, 0.2) is 0 Å². The number of nitrogens with one attached hydrogen (secondary N) is 1. The standard InChI is InChI=1S/C14H21N5OS/c1-8(15-12(20)13-17-16-10(3)21-13)11-7-19(14(4,5)6)18-9(11)2/h7-8H,1-6H3,(H,15,20). The number of carbonyl (C=O) groups excluding carboxylic acids is 1. The normalized spacial score (nSPS) is 13.2. The Morgan fingerprint density at radius 3 is 2.48 bits per heavy atom. The Hall–Kier alpha value is -1.76. The van der Waals surface area contributed by atoms with Gasteiger partial charge in [-0.3, -0.25) is 9.48 Å². The smallest absolute Gasteiger partial charge is 0.282 e. The lowest BCUT2D eigenvalue weighted by atomic mass is 10.1.